The fourth-order valence-corrected chi connectivity index (χ4v) is 3.44. The Morgan fingerprint density at radius 1 is 1.50 bits per heavy atom. The predicted molar refractivity (Wildman–Crippen MR) is 84.2 cm³/mol. The summed E-state index contributed by atoms with van der Waals surface area (Å²) in [5.74, 6) is 0. The summed E-state index contributed by atoms with van der Waals surface area (Å²) in [7, 11) is 0. The van der Waals surface area contributed by atoms with Crippen LogP contribution in [0.3, 0.4) is 0 Å². The van der Waals surface area contributed by atoms with Gasteiger partial charge in [-0.3, -0.25) is 10.1 Å². The van der Waals surface area contributed by atoms with Crippen molar-refractivity contribution in [2.75, 3.05) is 18.0 Å². The molecule has 1 fully saturated rings. The van der Waals surface area contributed by atoms with Gasteiger partial charge < -0.3 is 10.6 Å². The second-order valence-electron chi connectivity index (χ2n) is 5.27. The van der Waals surface area contributed by atoms with Crippen LogP contribution < -0.4 is 10.6 Å². The number of nitro benzene ring substituents is 1. The monoisotopic (exact) mass is 341 g/mol. The van der Waals surface area contributed by atoms with Gasteiger partial charge in [0.05, 0.1) is 10.6 Å². The Kier molecular flexibility index (Phi) is 4.99. The van der Waals surface area contributed by atoms with Crippen LogP contribution in [0.15, 0.2) is 16.6 Å². The Morgan fingerprint density at radius 2 is 2.25 bits per heavy atom. The van der Waals surface area contributed by atoms with Crippen molar-refractivity contribution < 1.29 is 4.92 Å². The summed E-state index contributed by atoms with van der Waals surface area (Å²) >= 11 is 3.49. The highest BCUT2D eigenvalue weighted by Crippen LogP contribution is 2.36. The Bertz CT molecular complexity index is 505. The van der Waals surface area contributed by atoms with E-state index in [2.05, 4.69) is 20.8 Å². The van der Waals surface area contributed by atoms with E-state index in [-0.39, 0.29) is 10.6 Å². The number of nitrogens with zero attached hydrogens (tertiary/aromatic N) is 2. The molecule has 0 bridgehead atoms. The number of piperidine rings is 1. The van der Waals surface area contributed by atoms with Crippen molar-refractivity contribution in [3.63, 3.8) is 0 Å². The van der Waals surface area contributed by atoms with Gasteiger partial charge in [0.15, 0.2) is 0 Å². The molecule has 20 heavy (non-hydrogen) atoms. The van der Waals surface area contributed by atoms with E-state index in [1.54, 1.807) is 13.0 Å². The molecule has 0 amide bonds. The predicted octanol–water partition coefficient (Wildman–Crippen LogP) is 3.37. The lowest BCUT2D eigenvalue weighted by Crippen LogP contribution is -2.41. The first kappa shape index (κ1) is 15.3. The average Bonchev–Trinajstić information content (AvgIpc) is 2.42. The van der Waals surface area contributed by atoms with E-state index in [0.29, 0.717) is 18.2 Å². The molecular weight excluding hydrogens is 322 g/mol. The maximum absolute atomic E-state index is 11.0. The fourth-order valence-electron chi connectivity index (χ4n) is 2.88. The second-order valence-corrected chi connectivity index (χ2v) is 6.12. The summed E-state index contributed by atoms with van der Waals surface area (Å²) in [5.41, 5.74) is 7.61. The van der Waals surface area contributed by atoms with Crippen LogP contribution in [0.4, 0.5) is 11.4 Å². The lowest BCUT2D eigenvalue weighted by Gasteiger charge is -2.38. The van der Waals surface area contributed by atoms with Gasteiger partial charge in [0.25, 0.3) is 5.69 Å². The van der Waals surface area contributed by atoms with Gasteiger partial charge in [0.2, 0.25) is 0 Å². The smallest absolute Gasteiger partial charge is 0.273 e. The molecule has 6 heteroatoms. The summed E-state index contributed by atoms with van der Waals surface area (Å²) < 4.78 is 0.790. The molecule has 1 unspecified atom stereocenters. The normalized spacial score (nSPS) is 19.1. The molecule has 2 rings (SSSR count). The second kappa shape index (κ2) is 6.54. The zero-order valence-corrected chi connectivity index (χ0v) is 13.2. The van der Waals surface area contributed by atoms with Crippen LogP contribution >= 0.6 is 15.9 Å². The van der Waals surface area contributed by atoms with Crippen LogP contribution in [-0.4, -0.2) is 24.1 Å². The molecule has 1 aromatic rings. The number of rotatable bonds is 4. The number of halogens is 1. The summed E-state index contributed by atoms with van der Waals surface area (Å²) in [6.45, 7) is 3.45. The fraction of sp³-hybridized carbons (Fsp3) is 0.571. The minimum Gasteiger partial charge on any atom is -0.368 e. The van der Waals surface area contributed by atoms with E-state index in [1.807, 2.05) is 6.07 Å². The number of nitrogens with two attached hydrogens (primary N) is 1. The van der Waals surface area contributed by atoms with Crippen LogP contribution in [0.2, 0.25) is 0 Å². The molecule has 1 aliphatic heterocycles. The first-order valence-electron chi connectivity index (χ1n) is 6.96. The molecule has 2 N–H and O–H groups in total. The number of hydrogen-bond acceptors (Lipinski definition) is 4. The van der Waals surface area contributed by atoms with Gasteiger partial charge in [-0.1, -0.05) is 0 Å². The van der Waals surface area contributed by atoms with E-state index in [9.17, 15) is 10.1 Å². The Balaban J connectivity index is 2.35. The van der Waals surface area contributed by atoms with Gasteiger partial charge in [-0.2, -0.15) is 0 Å². The van der Waals surface area contributed by atoms with Crippen molar-refractivity contribution in [1.29, 1.82) is 0 Å². The van der Waals surface area contributed by atoms with Crippen LogP contribution in [-0.2, 0) is 0 Å². The molecule has 1 aromatic carbocycles. The molecule has 1 aliphatic rings. The highest BCUT2D eigenvalue weighted by molar-refractivity contribution is 9.10. The minimum absolute atomic E-state index is 0.160. The highest BCUT2D eigenvalue weighted by atomic mass is 79.9. The lowest BCUT2D eigenvalue weighted by atomic mass is 9.98. The Morgan fingerprint density at radius 3 is 2.90 bits per heavy atom. The minimum atomic E-state index is -0.336. The number of hydrogen-bond donors (Lipinski definition) is 1. The average molecular weight is 342 g/mol. The Labute approximate surface area is 127 Å². The molecule has 0 spiro atoms. The van der Waals surface area contributed by atoms with Crippen LogP contribution in [0, 0.1) is 17.0 Å². The third-order valence-electron chi connectivity index (χ3n) is 3.90. The van der Waals surface area contributed by atoms with Crippen molar-refractivity contribution >= 4 is 27.3 Å². The van der Waals surface area contributed by atoms with Crippen molar-refractivity contribution in [3.8, 4) is 0 Å². The number of nitro groups is 1. The van der Waals surface area contributed by atoms with E-state index in [0.717, 1.165) is 36.0 Å². The molecule has 0 aromatic heterocycles. The van der Waals surface area contributed by atoms with Crippen LogP contribution in [0.1, 0.15) is 31.2 Å². The summed E-state index contributed by atoms with van der Waals surface area (Å²) in [6, 6.07) is 3.96. The van der Waals surface area contributed by atoms with E-state index in [4.69, 9.17) is 5.73 Å². The molecule has 1 saturated heterocycles. The first-order chi connectivity index (χ1) is 9.54. The van der Waals surface area contributed by atoms with Gasteiger partial charge in [0.1, 0.15) is 0 Å². The van der Waals surface area contributed by atoms with Crippen molar-refractivity contribution in [1.82, 2.24) is 0 Å². The SMILES string of the molecule is Cc1cc(N2CCCCC2CCN)c(Br)cc1[N+](=O)[O-]. The Hall–Kier alpha value is -1.14. The van der Waals surface area contributed by atoms with E-state index in [1.165, 1.54) is 6.42 Å². The number of benzene rings is 1. The largest absolute Gasteiger partial charge is 0.368 e. The van der Waals surface area contributed by atoms with Crippen molar-refractivity contribution in [2.45, 2.75) is 38.6 Å². The third-order valence-corrected chi connectivity index (χ3v) is 4.53. The van der Waals surface area contributed by atoms with Gasteiger partial charge in [-0.25, -0.2) is 0 Å². The van der Waals surface area contributed by atoms with Crippen molar-refractivity contribution in [2.24, 2.45) is 5.73 Å². The number of aryl methyl sites for hydroxylation is 1. The maximum Gasteiger partial charge on any atom is 0.273 e. The maximum atomic E-state index is 11.0. The first-order valence-corrected chi connectivity index (χ1v) is 7.75. The van der Waals surface area contributed by atoms with Gasteiger partial charge >= 0.3 is 0 Å². The van der Waals surface area contributed by atoms with Gasteiger partial charge in [-0.05, 0) is 61.1 Å². The standard InChI is InChI=1S/C14H20BrN3O2/c1-10-8-14(12(15)9-13(10)18(19)20)17-7-3-2-4-11(17)5-6-16/h8-9,11H,2-7,16H2,1H3. The zero-order valence-electron chi connectivity index (χ0n) is 11.6. The van der Waals surface area contributed by atoms with Crippen LogP contribution in [0.25, 0.3) is 0 Å². The molecule has 0 radical (unpaired) electrons. The lowest BCUT2D eigenvalue weighted by molar-refractivity contribution is -0.385. The number of anilines is 1. The molecule has 5 nitrogen and oxygen atoms in total. The van der Waals surface area contributed by atoms with Crippen molar-refractivity contribution in [3.05, 3.63) is 32.3 Å². The molecule has 1 atom stereocenters. The summed E-state index contributed by atoms with van der Waals surface area (Å²) in [5, 5.41) is 11.0. The van der Waals surface area contributed by atoms with E-state index < -0.39 is 0 Å². The summed E-state index contributed by atoms with van der Waals surface area (Å²) in [4.78, 5) is 13.0. The quantitative estimate of drug-likeness (QED) is 0.673. The molecule has 0 aliphatic carbocycles. The highest BCUT2D eigenvalue weighted by Gasteiger charge is 2.25. The molecule has 110 valence electrons. The van der Waals surface area contributed by atoms with Gasteiger partial charge in [0, 0.05) is 28.7 Å². The summed E-state index contributed by atoms with van der Waals surface area (Å²) in [6.07, 6.45) is 4.48. The third kappa shape index (κ3) is 3.12. The van der Waals surface area contributed by atoms with Gasteiger partial charge in [-0.15, -0.1) is 0 Å². The molecule has 0 saturated carbocycles. The van der Waals surface area contributed by atoms with Crippen LogP contribution in [0.5, 0.6) is 0 Å². The molecule has 1 heterocycles. The van der Waals surface area contributed by atoms with E-state index >= 15 is 0 Å². The zero-order chi connectivity index (χ0) is 14.7. The topological polar surface area (TPSA) is 72.4 Å². The molecular formula is C14H20BrN3O2.